The summed E-state index contributed by atoms with van der Waals surface area (Å²) in [4.78, 5) is 14.2. The molecule has 1 unspecified atom stereocenters. The molecule has 0 aromatic carbocycles. The molecule has 0 bridgehead atoms. The second kappa shape index (κ2) is 6.93. The van der Waals surface area contributed by atoms with Crippen molar-refractivity contribution >= 4 is 29.0 Å². The highest BCUT2D eigenvalue weighted by Crippen LogP contribution is 2.31. The molecule has 0 radical (unpaired) electrons. The predicted octanol–water partition coefficient (Wildman–Crippen LogP) is 2.05. The number of hydrogen-bond donors (Lipinski definition) is 2. The van der Waals surface area contributed by atoms with Crippen molar-refractivity contribution in [1.82, 2.24) is 5.32 Å². The molecule has 1 aromatic heterocycles. The SMILES string of the molecule is COCCC(C)(O)CNC(=O)c1cc2c(s1)CCSC2. The van der Waals surface area contributed by atoms with Gasteiger partial charge in [-0.05, 0) is 30.7 Å². The Hall–Kier alpha value is -0.560. The van der Waals surface area contributed by atoms with Crippen molar-refractivity contribution in [1.29, 1.82) is 0 Å². The average Bonchev–Trinajstić information content (AvgIpc) is 2.86. The highest BCUT2D eigenvalue weighted by Gasteiger charge is 2.23. The summed E-state index contributed by atoms with van der Waals surface area (Å²) in [6, 6.07) is 1.99. The fourth-order valence-corrected chi connectivity index (χ4v) is 4.32. The zero-order valence-electron chi connectivity index (χ0n) is 11.9. The van der Waals surface area contributed by atoms with Gasteiger partial charge in [0.15, 0.2) is 0 Å². The number of fused-ring (bicyclic) bond motifs is 1. The molecule has 20 heavy (non-hydrogen) atoms. The third-order valence-electron chi connectivity index (χ3n) is 3.33. The minimum atomic E-state index is -0.932. The predicted molar refractivity (Wildman–Crippen MR) is 83.6 cm³/mol. The van der Waals surface area contributed by atoms with E-state index in [1.165, 1.54) is 10.4 Å². The average molecular weight is 315 g/mol. The van der Waals surface area contributed by atoms with Gasteiger partial charge in [-0.2, -0.15) is 11.8 Å². The number of aliphatic hydroxyl groups is 1. The lowest BCUT2D eigenvalue weighted by Gasteiger charge is -2.22. The third-order valence-corrected chi connectivity index (χ3v) is 5.57. The summed E-state index contributed by atoms with van der Waals surface area (Å²) < 4.78 is 4.95. The lowest BCUT2D eigenvalue weighted by Crippen LogP contribution is -2.41. The molecule has 0 aliphatic carbocycles. The van der Waals surface area contributed by atoms with Crippen molar-refractivity contribution in [3.05, 3.63) is 21.4 Å². The van der Waals surface area contributed by atoms with Crippen LogP contribution in [0.4, 0.5) is 0 Å². The smallest absolute Gasteiger partial charge is 0.261 e. The molecule has 1 aliphatic rings. The van der Waals surface area contributed by atoms with Gasteiger partial charge in [0.1, 0.15) is 0 Å². The van der Waals surface area contributed by atoms with Crippen LogP contribution in [-0.2, 0) is 16.9 Å². The minimum absolute atomic E-state index is 0.0907. The van der Waals surface area contributed by atoms with E-state index in [9.17, 15) is 9.90 Å². The summed E-state index contributed by atoms with van der Waals surface area (Å²) in [7, 11) is 1.60. The van der Waals surface area contributed by atoms with Crippen LogP contribution in [0.25, 0.3) is 0 Å². The molecule has 1 aliphatic heterocycles. The van der Waals surface area contributed by atoms with Crippen molar-refractivity contribution in [3.63, 3.8) is 0 Å². The van der Waals surface area contributed by atoms with E-state index in [2.05, 4.69) is 5.32 Å². The first-order valence-corrected chi connectivity index (χ1v) is 8.68. The van der Waals surface area contributed by atoms with Crippen LogP contribution in [0.1, 0.15) is 33.5 Å². The number of thiophene rings is 1. The second-order valence-corrected chi connectivity index (χ2v) is 7.53. The maximum absolute atomic E-state index is 12.1. The molecule has 1 amide bonds. The van der Waals surface area contributed by atoms with Crippen molar-refractivity contribution in [3.8, 4) is 0 Å². The molecule has 6 heteroatoms. The van der Waals surface area contributed by atoms with Crippen molar-refractivity contribution < 1.29 is 14.6 Å². The van der Waals surface area contributed by atoms with Gasteiger partial charge in [-0.25, -0.2) is 0 Å². The normalized spacial score (nSPS) is 17.4. The van der Waals surface area contributed by atoms with Crippen LogP contribution in [0.5, 0.6) is 0 Å². The van der Waals surface area contributed by atoms with E-state index in [0.717, 1.165) is 22.8 Å². The molecular weight excluding hydrogens is 294 g/mol. The zero-order chi connectivity index (χ0) is 14.6. The van der Waals surface area contributed by atoms with Gasteiger partial charge >= 0.3 is 0 Å². The van der Waals surface area contributed by atoms with Crippen LogP contribution in [0.3, 0.4) is 0 Å². The van der Waals surface area contributed by atoms with E-state index in [-0.39, 0.29) is 12.5 Å². The van der Waals surface area contributed by atoms with Crippen molar-refractivity contribution in [2.75, 3.05) is 26.0 Å². The first-order chi connectivity index (χ1) is 9.52. The molecule has 0 saturated carbocycles. The van der Waals surface area contributed by atoms with Crippen LogP contribution in [0.2, 0.25) is 0 Å². The maximum Gasteiger partial charge on any atom is 0.261 e. The van der Waals surface area contributed by atoms with Crippen LogP contribution in [-0.4, -0.2) is 42.6 Å². The van der Waals surface area contributed by atoms with Gasteiger partial charge < -0.3 is 15.2 Å². The Labute approximate surface area is 127 Å². The fraction of sp³-hybridized carbons (Fsp3) is 0.643. The number of ether oxygens (including phenoxy) is 1. The van der Waals surface area contributed by atoms with Crippen LogP contribution >= 0.6 is 23.1 Å². The maximum atomic E-state index is 12.1. The third kappa shape index (κ3) is 4.22. The van der Waals surface area contributed by atoms with Gasteiger partial charge in [-0.1, -0.05) is 0 Å². The van der Waals surface area contributed by atoms with Crippen LogP contribution in [0.15, 0.2) is 6.07 Å². The van der Waals surface area contributed by atoms with Gasteiger partial charge in [-0.15, -0.1) is 11.3 Å². The lowest BCUT2D eigenvalue weighted by molar-refractivity contribution is 0.0244. The summed E-state index contributed by atoms with van der Waals surface area (Å²) >= 11 is 3.49. The number of methoxy groups -OCH3 is 1. The van der Waals surface area contributed by atoms with E-state index in [0.29, 0.717) is 13.0 Å². The van der Waals surface area contributed by atoms with Crippen molar-refractivity contribution in [2.45, 2.75) is 31.1 Å². The number of carbonyl (C=O) groups is 1. The van der Waals surface area contributed by atoms with Gasteiger partial charge in [-0.3, -0.25) is 4.79 Å². The molecule has 2 N–H and O–H groups in total. The molecule has 1 aromatic rings. The Morgan fingerprint density at radius 2 is 2.40 bits per heavy atom. The number of aryl methyl sites for hydroxylation is 1. The molecule has 0 spiro atoms. The number of nitrogens with one attached hydrogen (secondary N) is 1. The Kier molecular flexibility index (Phi) is 5.49. The molecular formula is C14H21NO3S2. The summed E-state index contributed by atoms with van der Waals surface area (Å²) in [5.41, 5.74) is 0.362. The largest absolute Gasteiger partial charge is 0.388 e. The number of carbonyl (C=O) groups excluding carboxylic acids is 1. The molecule has 0 saturated heterocycles. The Bertz CT molecular complexity index is 447. The molecule has 112 valence electrons. The van der Waals surface area contributed by atoms with E-state index in [1.807, 2.05) is 17.8 Å². The second-order valence-electron chi connectivity index (χ2n) is 5.28. The summed E-state index contributed by atoms with van der Waals surface area (Å²) in [5, 5.41) is 12.9. The molecule has 1 atom stereocenters. The monoisotopic (exact) mass is 315 g/mol. The fourth-order valence-electron chi connectivity index (χ4n) is 2.03. The van der Waals surface area contributed by atoms with E-state index < -0.39 is 5.60 Å². The summed E-state index contributed by atoms with van der Waals surface area (Å²) in [5.74, 6) is 2.05. The Morgan fingerprint density at radius 1 is 1.60 bits per heavy atom. The molecule has 4 nitrogen and oxygen atoms in total. The topological polar surface area (TPSA) is 58.6 Å². The first-order valence-electron chi connectivity index (χ1n) is 6.71. The van der Waals surface area contributed by atoms with E-state index in [1.54, 1.807) is 25.4 Å². The highest BCUT2D eigenvalue weighted by atomic mass is 32.2. The van der Waals surface area contributed by atoms with Crippen molar-refractivity contribution in [2.24, 2.45) is 0 Å². The number of thioether (sulfide) groups is 1. The highest BCUT2D eigenvalue weighted by molar-refractivity contribution is 7.98. The summed E-state index contributed by atoms with van der Waals surface area (Å²) in [6.45, 7) is 2.43. The quantitative estimate of drug-likeness (QED) is 0.843. The van der Waals surface area contributed by atoms with Crippen LogP contribution < -0.4 is 5.32 Å². The number of amides is 1. The van der Waals surface area contributed by atoms with Crippen LogP contribution in [0, 0.1) is 0 Å². The lowest BCUT2D eigenvalue weighted by atomic mass is 10.0. The molecule has 2 heterocycles. The van der Waals surface area contributed by atoms with Gasteiger partial charge in [0, 0.05) is 37.3 Å². The van der Waals surface area contributed by atoms with E-state index in [4.69, 9.17) is 4.74 Å². The first kappa shape index (κ1) is 15.8. The summed E-state index contributed by atoms with van der Waals surface area (Å²) in [6.07, 6.45) is 1.56. The Balaban J connectivity index is 1.90. The minimum Gasteiger partial charge on any atom is -0.388 e. The number of rotatable bonds is 6. The van der Waals surface area contributed by atoms with E-state index >= 15 is 0 Å². The number of hydrogen-bond acceptors (Lipinski definition) is 5. The molecule has 0 fully saturated rings. The molecule has 2 rings (SSSR count). The van der Waals surface area contributed by atoms with Gasteiger partial charge in [0.25, 0.3) is 5.91 Å². The standard InChI is InChI=1S/C14H21NO3S2/c1-14(17,4-5-18-2)9-15-13(16)12-7-10-8-19-6-3-11(10)20-12/h7,17H,3-6,8-9H2,1-2H3,(H,15,16). The zero-order valence-corrected chi connectivity index (χ0v) is 13.5. The van der Waals surface area contributed by atoms with Gasteiger partial charge in [0.05, 0.1) is 10.5 Å². The Morgan fingerprint density at radius 3 is 3.10 bits per heavy atom. The van der Waals surface area contributed by atoms with Gasteiger partial charge in [0.2, 0.25) is 0 Å².